The van der Waals surface area contributed by atoms with Crippen LogP contribution >= 0.6 is 0 Å². The second kappa shape index (κ2) is 12.0. The number of hydrogen-bond donors (Lipinski definition) is 2. The first kappa shape index (κ1) is 23.5. The van der Waals surface area contributed by atoms with E-state index in [0.29, 0.717) is 13.0 Å². The third-order valence-electron chi connectivity index (χ3n) is 6.02. The molecule has 6 nitrogen and oxygen atoms in total. The quantitative estimate of drug-likeness (QED) is 0.515. The lowest BCUT2D eigenvalue weighted by atomic mass is 10.1. The van der Waals surface area contributed by atoms with Gasteiger partial charge in [-0.15, -0.1) is 0 Å². The topological polar surface area (TPSA) is 64.7 Å². The fraction of sp³-hybridized carbons (Fsp3) is 0.286. The van der Waals surface area contributed by atoms with E-state index in [-0.39, 0.29) is 18.2 Å². The highest BCUT2D eigenvalue weighted by molar-refractivity contribution is 5.91. The summed E-state index contributed by atoms with van der Waals surface area (Å²) in [6, 6.07) is 28.2. The lowest BCUT2D eigenvalue weighted by Gasteiger charge is -2.36. The molecular weight excluding hydrogens is 424 g/mol. The average molecular weight is 457 g/mol. The summed E-state index contributed by atoms with van der Waals surface area (Å²) in [5.41, 5.74) is 4.26. The fourth-order valence-electron chi connectivity index (χ4n) is 4.14. The molecule has 1 aliphatic rings. The Balaban J connectivity index is 1.16. The first-order valence-corrected chi connectivity index (χ1v) is 11.9. The van der Waals surface area contributed by atoms with E-state index in [4.69, 9.17) is 0 Å². The second-order valence-electron chi connectivity index (χ2n) is 8.61. The number of amides is 2. The molecular formula is C28H32N4O2. The van der Waals surface area contributed by atoms with Crippen LogP contribution in [0.15, 0.2) is 84.9 Å². The Morgan fingerprint density at radius 2 is 1.32 bits per heavy atom. The van der Waals surface area contributed by atoms with Crippen molar-refractivity contribution in [1.82, 2.24) is 10.2 Å². The molecule has 176 valence electrons. The molecule has 6 heteroatoms. The van der Waals surface area contributed by atoms with E-state index in [2.05, 4.69) is 62.9 Å². The zero-order valence-corrected chi connectivity index (χ0v) is 19.5. The molecule has 0 bridgehead atoms. The Labute approximate surface area is 201 Å². The van der Waals surface area contributed by atoms with E-state index in [0.717, 1.165) is 44.0 Å². The first-order chi connectivity index (χ1) is 16.7. The standard InChI is InChI=1S/C28H32N4O2/c33-27(15-16-29-28(34)21-23-7-3-1-4-8-23)30-25-11-13-26(14-12-25)32-19-17-31(18-20-32)22-24-9-5-2-6-10-24/h1-14H,15-22H2,(H,29,34)(H,30,33). The minimum absolute atomic E-state index is 0.0766. The number of hydrogen-bond acceptors (Lipinski definition) is 4. The summed E-state index contributed by atoms with van der Waals surface area (Å²) in [5, 5.41) is 5.72. The van der Waals surface area contributed by atoms with Gasteiger partial charge in [0, 0.05) is 57.1 Å². The molecule has 1 heterocycles. The molecule has 3 aromatic rings. The molecule has 2 N–H and O–H groups in total. The summed E-state index contributed by atoms with van der Waals surface area (Å²) in [6.07, 6.45) is 0.566. The lowest BCUT2D eigenvalue weighted by Crippen LogP contribution is -2.45. The SMILES string of the molecule is O=C(Cc1ccccc1)NCCC(=O)Nc1ccc(N2CCN(Cc3ccccc3)CC2)cc1. The summed E-state index contributed by atoms with van der Waals surface area (Å²) in [4.78, 5) is 29.1. The van der Waals surface area contributed by atoms with E-state index in [1.54, 1.807) is 0 Å². The second-order valence-corrected chi connectivity index (χ2v) is 8.61. The van der Waals surface area contributed by atoms with Crippen LogP contribution in [0.5, 0.6) is 0 Å². The molecule has 0 unspecified atom stereocenters. The van der Waals surface area contributed by atoms with Gasteiger partial charge in [0.25, 0.3) is 0 Å². The molecule has 4 rings (SSSR count). The molecule has 0 saturated carbocycles. The van der Waals surface area contributed by atoms with Crippen LogP contribution in [0.1, 0.15) is 17.5 Å². The Hall–Kier alpha value is -3.64. The van der Waals surface area contributed by atoms with Crippen LogP contribution in [-0.2, 0) is 22.6 Å². The Kier molecular flexibility index (Phi) is 8.30. The van der Waals surface area contributed by atoms with Crippen LogP contribution in [0, 0.1) is 0 Å². The zero-order chi connectivity index (χ0) is 23.6. The van der Waals surface area contributed by atoms with Crippen LogP contribution < -0.4 is 15.5 Å². The monoisotopic (exact) mass is 456 g/mol. The first-order valence-electron chi connectivity index (χ1n) is 11.9. The van der Waals surface area contributed by atoms with Crippen molar-refractivity contribution < 1.29 is 9.59 Å². The number of anilines is 2. The van der Waals surface area contributed by atoms with E-state index in [9.17, 15) is 9.59 Å². The highest BCUT2D eigenvalue weighted by Gasteiger charge is 2.17. The third kappa shape index (κ3) is 7.18. The van der Waals surface area contributed by atoms with Gasteiger partial charge in [-0.25, -0.2) is 0 Å². The third-order valence-corrected chi connectivity index (χ3v) is 6.02. The lowest BCUT2D eigenvalue weighted by molar-refractivity contribution is -0.120. The molecule has 34 heavy (non-hydrogen) atoms. The molecule has 0 radical (unpaired) electrons. The largest absolute Gasteiger partial charge is 0.369 e. The molecule has 1 saturated heterocycles. The molecule has 0 spiro atoms. The van der Waals surface area contributed by atoms with Crippen molar-refractivity contribution in [3.8, 4) is 0 Å². The minimum Gasteiger partial charge on any atom is -0.369 e. The van der Waals surface area contributed by atoms with Gasteiger partial charge in [0.15, 0.2) is 0 Å². The number of nitrogens with zero attached hydrogens (tertiary/aromatic N) is 2. The summed E-state index contributed by atoms with van der Waals surface area (Å²) >= 11 is 0. The van der Waals surface area contributed by atoms with Crippen molar-refractivity contribution in [2.24, 2.45) is 0 Å². The van der Waals surface area contributed by atoms with Crippen molar-refractivity contribution >= 4 is 23.2 Å². The minimum atomic E-state index is -0.109. The molecule has 2 amide bonds. The van der Waals surface area contributed by atoms with Gasteiger partial charge < -0.3 is 15.5 Å². The van der Waals surface area contributed by atoms with Crippen LogP contribution in [0.2, 0.25) is 0 Å². The predicted octanol–water partition coefficient (Wildman–Crippen LogP) is 3.70. The Morgan fingerprint density at radius 3 is 1.97 bits per heavy atom. The summed E-state index contributed by atoms with van der Waals surface area (Å²) in [6.45, 7) is 5.35. The van der Waals surface area contributed by atoms with Crippen molar-refractivity contribution in [2.45, 2.75) is 19.4 Å². The zero-order valence-electron chi connectivity index (χ0n) is 19.5. The van der Waals surface area contributed by atoms with Crippen LogP contribution in [0.3, 0.4) is 0 Å². The Morgan fingerprint density at radius 1 is 0.706 bits per heavy atom. The number of benzene rings is 3. The van der Waals surface area contributed by atoms with Crippen LogP contribution in [0.25, 0.3) is 0 Å². The van der Waals surface area contributed by atoms with Gasteiger partial charge in [-0.05, 0) is 35.4 Å². The number of nitrogens with one attached hydrogen (secondary N) is 2. The van der Waals surface area contributed by atoms with Crippen molar-refractivity contribution in [2.75, 3.05) is 42.9 Å². The fourth-order valence-corrected chi connectivity index (χ4v) is 4.14. The maximum absolute atomic E-state index is 12.2. The maximum Gasteiger partial charge on any atom is 0.226 e. The van der Waals surface area contributed by atoms with Gasteiger partial charge in [0.2, 0.25) is 11.8 Å². The van der Waals surface area contributed by atoms with Crippen molar-refractivity contribution in [3.63, 3.8) is 0 Å². The van der Waals surface area contributed by atoms with E-state index in [1.807, 2.05) is 42.5 Å². The van der Waals surface area contributed by atoms with Crippen LogP contribution in [-0.4, -0.2) is 49.4 Å². The van der Waals surface area contributed by atoms with Gasteiger partial charge >= 0.3 is 0 Å². The molecule has 0 aromatic heterocycles. The molecule has 0 aliphatic carbocycles. The molecule has 1 fully saturated rings. The van der Waals surface area contributed by atoms with E-state index < -0.39 is 0 Å². The van der Waals surface area contributed by atoms with Gasteiger partial charge in [-0.3, -0.25) is 14.5 Å². The highest BCUT2D eigenvalue weighted by Crippen LogP contribution is 2.20. The predicted molar refractivity (Wildman–Crippen MR) is 137 cm³/mol. The van der Waals surface area contributed by atoms with Gasteiger partial charge in [-0.2, -0.15) is 0 Å². The number of rotatable bonds is 9. The van der Waals surface area contributed by atoms with Crippen molar-refractivity contribution in [3.05, 3.63) is 96.1 Å². The highest BCUT2D eigenvalue weighted by atomic mass is 16.2. The summed E-state index contributed by atoms with van der Waals surface area (Å²) in [5.74, 6) is -0.186. The smallest absolute Gasteiger partial charge is 0.226 e. The Bertz CT molecular complexity index is 1050. The van der Waals surface area contributed by atoms with E-state index in [1.165, 1.54) is 11.3 Å². The van der Waals surface area contributed by atoms with Gasteiger partial charge in [0.05, 0.1) is 6.42 Å². The summed E-state index contributed by atoms with van der Waals surface area (Å²) < 4.78 is 0. The molecule has 0 atom stereocenters. The molecule has 1 aliphatic heterocycles. The van der Waals surface area contributed by atoms with Gasteiger partial charge in [-0.1, -0.05) is 60.7 Å². The average Bonchev–Trinajstić information content (AvgIpc) is 2.86. The maximum atomic E-state index is 12.2. The number of carbonyl (C=O) groups excluding carboxylic acids is 2. The summed E-state index contributed by atoms with van der Waals surface area (Å²) in [7, 11) is 0. The normalized spacial score (nSPS) is 13.9. The van der Waals surface area contributed by atoms with E-state index >= 15 is 0 Å². The van der Waals surface area contributed by atoms with Gasteiger partial charge in [0.1, 0.15) is 0 Å². The van der Waals surface area contributed by atoms with Crippen LogP contribution in [0.4, 0.5) is 11.4 Å². The molecule has 3 aromatic carbocycles. The number of piperazine rings is 1. The number of carbonyl (C=O) groups is 2. The van der Waals surface area contributed by atoms with Crippen molar-refractivity contribution in [1.29, 1.82) is 0 Å².